The first-order chi connectivity index (χ1) is 9.08. The standard InChI is InChI=1S/C15H24ClN3/c1-10(2)14-18-13(16)11(3)15(19-14)17-9-8-12-6-4-5-7-12/h10,12H,4-9H2,1-3H3,(H,17,18,19). The highest BCUT2D eigenvalue weighted by molar-refractivity contribution is 6.30. The average molecular weight is 282 g/mol. The van der Waals surface area contributed by atoms with Crippen LogP contribution in [-0.2, 0) is 0 Å². The van der Waals surface area contributed by atoms with E-state index in [2.05, 4.69) is 29.1 Å². The quantitative estimate of drug-likeness (QED) is 0.805. The first kappa shape index (κ1) is 14.6. The van der Waals surface area contributed by atoms with Gasteiger partial charge < -0.3 is 5.32 Å². The van der Waals surface area contributed by atoms with Crippen molar-refractivity contribution in [1.29, 1.82) is 0 Å². The van der Waals surface area contributed by atoms with Crippen LogP contribution in [0.5, 0.6) is 0 Å². The van der Waals surface area contributed by atoms with Gasteiger partial charge in [-0.3, -0.25) is 0 Å². The molecular formula is C15H24ClN3. The zero-order valence-corrected chi connectivity index (χ0v) is 12.9. The Hall–Kier alpha value is -0.830. The molecule has 1 aromatic heterocycles. The molecule has 0 spiro atoms. The van der Waals surface area contributed by atoms with E-state index in [1.165, 1.54) is 32.1 Å². The van der Waals surface area contributed by atoms with Crippen molar-refractivity contribution in [1.82, 2.24) is 9.97 Å². The van der Waals surface area contributed by atoms with Crippen LogP contribution in [0.4, 0.5) is 5.82 Å². The minimum atomic E-state index is 0.300. The molecule has 0 unspecified atom stereocenters. The number of nitrogens with one attached hydrogen (secondary N) is 1. The van der Waals surface area contributed by atoms with Crippen molar-refractivity contribution in [3.8, 4) is 0 Å². The summed E-state index contributed by atoms with van der Waals surface area (Å²) in [5.74, 6) is 2.92. The Kier molecular flexibility index (Phi) is 5.03. The Bertz CT molecular complexity index is 426. The predicted molar refractivity (Wildman–Crippen MR) is 80.9 cm³/mol. The van der Waals surface area contributed by atoms with Gasteiger partial charge in [0.15, 0.2) is 0 Å². The SMILES string of the molecule is Cc1c(Cl)nc(C(C)C)nc1NCCC1CCCC1. The number of aromatic nitrogens is 2. The number of hydrogen-bond acceptors (Lipinski definition) is 3. The van der Waals surface area contributed by atoms with Crippen molar-refractivity contribution >= 4 is 17.4 Å². The van der Waals surface area contributed by atoms with Gasteiger partial charge >= 0.3 is 0 Å². The van der Waals surface area contributed by atoms with E-state index in [0.717, 1.165) is 29.7 Å². The molecule has 0 bridgehead atoms. The van der Waals surface area contributed by atoms with Crippen molar-refractivity contribution in [2.75, 3.05) is 11.9 Å². The molecular weight excluding hydrogens is 258 g/mol. The summed E-state index contributed by atoms with van der Waals surface area (Å²) in [6, 6.07) is 0. The smallest absolute Gasteiger partial charge is 0.137 e. The summed E-state index contributed by atoms with van der Waals surface area (Å²) >= 11 is 6.18. The summed E-state index contributed by atoms with van der Waals surface area (Å²) in [4.78, 5) is 8.92. The number of nitrogens with zero attached hydrogens (tertiary/aromatic N) is 2. The monoisotopic (exact) mass is 281 g/mol. The molecule has 0 saturated heterocycles. The van der Waals surface area contributed by atoms with Gasteiger partial charge in [0.1, 0.15) is 16.8 Å². The van der Waals surface area contributed by atoms with Crippen molar-refractivity contribution in [2.45, 2.75) is 58.8 Å². The van der Waals surface area contributed by atoms with Crippen LogP contribution < -0.4 is 5.32 Å². The third kappa shape index (κ3) is 3.82. The van der Waals surface area contributed by atoms with E-state index in [9.17, 15) is 0 Å². The molecule has 1 aliphatic rings. The number of rotatable bonds is 5. The van der Waals surface area contributed by atoms with Crippen LogP contribution in [0.15, 0.2) is 0 Å². The fourth-order valence-corrected chi connectivity index (χ4v) is 2.81. The predicted octanol–water partition coefficient (Wildman–Crippen LogP) is 4.55. The largest absolute Gasteiger partial charge is 0.370 e. The van der Waals surface area contributed by atoms with Crippen LogP contribution >= 0.6 is 11.6 Å². The molecule has 3 nitrogen and oxygen atoms in total. The van der Waals surface area contributed by atoms with E-state index in [0.29, 0.717) is 11.1 Å². The Labute approximate surface area is 121 Å². The minimum Gasteiger partial charge on any atom is -0.370 e. The molecule has 19 heavy (non-hydrogen) atoms. The highest BCUT2D eigenvalue weighted by Crippen LogP contribution is 2.28. The number of halogens is 1. The molecule has 1 saturated carbocycles. The molecule has 0 atom stereocenters. The summed E-state index contributed by atoms with van der Waals surface area (Å²) in [5.41, 5.74) is 0.956. The molecule has 1 aliphatic carbocycles. The molecule has 0 aromatic carbocycles. The minimum absolute atomic E-state index is 0.300. The lowest BCUT2D eigenvalue weighted by molar-refractivity contribution is 0.518. The maximum absolute atomic E-state index is 6.18. The first-order valence-corrected chi connectivity index (χ1v) is 7.73. The van der Waals surface area contributed by atoms with Crippen molar-refractivity contribution in [3.63, 3.8) is 0 Å². The molecule has 2 rings (SSSR count). The normalized spacial score (nSPS) is 16.3. The lowest BCUT2D eigenvalue weighted by atomic mass is 10.0. The maximum Gasteiger partial charge on any atom is 0.137 e. The Morgan fingerprint density at radius 1 is 1.26 bits per heavy atom. The van der Waals surface area contributed by atoms with Gasteiger partial charge in [-0.05, 0) is 19.3 Å². The average Bonchev–Trinajstić information content (AvgIpc) is 2.87. The molecule has 1 N–H and O–H groups in total. The van der Waals surface area contributed by atoms with Gasteiger partial charge in [0.25, 0.3) is 0 Å². The Morgan fingerprint density at radius 2 is 1.95 bits per heavy atom. The number of hydrogen-bond donors (Lipinski definition) is 1. The molecule has 1 heterocycles. The topological polar surface area (TPSA) is 37.8 Å². The van der Waals surface area contributed by atoms with Crippen molar-refractivity contribution in [3.05, 3.63) is 16.5 Å². The second-order valence-electron chi connectivity index (χ2n) is 5.87. The van der Waals surface area contributed by atoms with Crippen LogP contribution in [0, 0.1) is 12.8 Å². The Balaban J connectivity index is 1.98. The van der Waals surface area contributed by atoms with Crippen LogP contribution in [0.2, 0.25) is 5.15 Å². The van der Waals surface area contributed by atoms with Crippen LogP contribution in [0.3, 0.4) is 0 Å². The number of anilines is 1. The van der Waals surface area contributed by atoms with E-state index in [-0.39, 0.29) is 0 Å². The second kappa shape index (κ2) is 6.56. The van der Waals surface area contributed by atoms with Crippen molar-refractivity contribution < 1.29 is 0 Å². The van der Waals surface area contributed by atoms with Gasteiger partial charge in [-0.2, -0.15) is 0 Å². The lowest BCUT2D eigenvalue weighted by Gasteiger charge is -2.14. The first-order valence-electron chi connectivity index (χ1n) is 7.36. The van der Waals surface area contributed by atoms with E-state index >= 15 is 0 Å². The van der Waals surface area contributed by atoms with Crippen molar-refractivity contribution in [2.24, 2.45) is 5.92 Å². The fourth-order valence-electron chi connectivity index (χ4n) is 2.63. The van der Waals surface area contributed by atoms with Gasteiger partial charge in [-0.25, -0.2) is 9.97 Å². The van der Waals surface area contributed by atoms with E-state index in [1.54, 1.807) is 0 Å². The van der Waals surface area contributed by atoms with Gasteiger partial charge in [0.05, 0.1) is 0 Å². The van der Waals surface area contributed by atoms with E-state index in [4.69, 9.17) is 11.6 Å². The second-order valence-corrected chi connectivity index (χ2v) is 6.22. The van der Waals surface area contributed by atoms with Gasteiger partial charge in [-0.15, -0.1) is 0 Å². The van der Waals surface area contributed by atoms with Gasteiger partial charge in [0.2, 0.25) is 0 Å². The summed E-state index contributed by atoms with van der Waals surface area (Å²) in [6.07, 6.45) is 6.82. The molecule has 1 fully saturated rings. The third-order valence-electron chi connectivity index (χ3n) is 3.94. The third-order valence-corrected chi connectivity index (χ3v) is 4.31. The lowest BCUT2D eigenvalue weighted by Crippen LogP contribution is -2.11. The molecule has 0 amide bonds. The summed E-state index contributed by atoms with van der Waals surface area (Å²) in [6.45, 7) is 7.13. The summed E-state index contributed by atoms with van der Waals surface area (Å²) in [5, 5.41) is 4.01. The highest BCUT2D eigenvalue weighted by atomic mass is 35.5. The fraction of sp³-hybridized carbons (Fsp3) is 0.733. The van der Waals surface area contributed by atoms with Crippen LogP contribution in [-0.4, -0.2) is 16.5 Å². The van der Waals surface area contributed by atoms with Crippen LogP contribution in [0.25, 0.3) is 0 Å². The van der Waals surface area contributed by atoms with E-state index in [1.807, 2.05) is 6.92 Å². The zero-order chi connectivity index (χ0) is 13.8. The van der Waals surface area contributed by atoms with Crippen LogP contribution in [0.1, 0.15) is 63.3 Å². The van der Waals surface area contributed by atoms with Gasteiger partial charge in [0, 0.05) is 18.0 Å². The van der Waals surface area contributed by atoms with E-state index < -0.39 is 0 Å². The highest BCUT2D eigenvalue weighted by Gasteiger charge is 2.15. The molecule has 106 valence electrons. The zero-order valence-electron chi connectivity index (χ0n) is 12.2. The molecule has 0 radical (unpaired) electrons. The molecule has 0 aliphatic heterocycles. The summed E-state index contributed by atoms with van der Waals surface area (Å²) < 4.78 is 0. The molecule has 1 aromatic rings. The Morgan fingerprint density at radius 3 is 2.58 bits per heavy atom. The maximum atomic E-state index is 6.18. The molecule has 4 heteroatoms. The summed E-state index contributed by atoms with van der Waals surface area (Å²) in [7, 11) is 0. The van der Waals surface area contributed by atoms with Gasteiger partial charge in [-0.1, -0.05) is 51.1 Å².